The molecule has 1 fully saturated rings. The molecule has 0 spiro atoms. The van der Waals surface area contributed by atoms with Gasteiger partial charge in [0.15, 0.2) is 0 Å². The third kappa shape index (κ3) is 2.81. The van der Waals surface area contributed by atoms with Gasteiger partial charge in [-0.1, -0.05) is 11.3 Å². The van der Waals surface area contributed by atoms with Crippen molar-refractivity contribution in [2.75, 3.05) is 16.9 Å². The van der Waals surface area contributed by atoms with Gasteiger partial charge in [-0.3, -0.25) is 15.4 Å². The molecular weight excluding hydrogens is 244 g/mol. The van der Waals surface area contributed by atoms with E-state index in [0.29, 0.717) is 5.13 Å². The number of amides is 1. The maximum absolute atomic E-state index is 11.5. The molecule has 14 heavy (non-hydrogen) atoms. The normalized spacial score (nSPS) is 20.1. The van der Waals surface area contributed by atoms with E-state index in [9.17, 15) is 4.79 Å². The zero-order valence-corrected chi connectivity index (χ0v) is 9.55. The maximum atomic E-state index is 11.5. The van der Waals surface area contributed by atoms with E-state index in [4.69, 9.17) is 0 Å². The average Bonchev–Trinajstić information content (AvgIpc) is 2.74. The van der Waals surface area contributed by atoms with Crippen LogP contribution < -0.4 is 10.6 Å². The van der Waals surface area contributed by atoms with Crippen molar-refractivity contribution in [3.63, 3.8) is 0 Å². The Bertz CT molecular complexity index is 288. The van der Waals surface area contributed by atoms with Gasteiger partial charge in [0.05, 0.1) is 6.04 Å². The number of nitrogens with one attached hydrogen (secondary N) is 2. The lowest BCUT2D eigenvalue weighted by Crippen LogP contribution is -2.37. The monoisotopic (exact) mass is 252 g/mol. The molecule has 1 aromatic rings. The van der Waals surface area contributed by atoms with E-state index in [1.165, 1.54) is 11.3 Å². The summed E-state index contributed by atoms with van der Waals surface area (Å²) in [5, 5.41) is 13.7. The lowest BCUT2D eigenvalue weighted by molar-refractivity contribution is -0.117. The first-order valence-electron chi connectivity index (χ1n) is 3.74. The van der Waals surface area contributed by atoms with E-state index in [0.717, 1.165) is 11.6 Å². The smallest absolute Gasteiger partial charge is 0.244 e. The minimum atomic E-state index is -0.0890. The van der Waals surface area contributed by atoms with Crippen LogP contribution in [-0.2, 0) is 4.79 Å². The number of carbonyl (C=O) groups excluding carboxylic acids is 1. The van der Waals surface area contributed by atoms with Crippen LogP contribution in [0.25, 0.3) is 0 Å². The molecule has 1 atom stereocenters. The minimum absolute atomic E-state index is 0. The van der Waals surface area contributed by atoms with Gasteiger partial charge in [-0.05, 0) is 0 Å². The summed E-state index contributed by atoms with van der Waals surface area (Å²) in [6.45, 7) is 0. The summed E-state index contributed by atoms with van der Waals surface area (Å²) in [5.41, 5.74) is 1.59. The molecule has 2 N–H and O–H groups in total. The molecular formula is C6H9ClN4OS2. The molecule has 1 aliphatic rings. The highest BCUT2D eigenvalue weighted by Crippen LogP contribution is 2.13. The number of thioether (sulfide) groups is 1. The SMILES string of the molecule is Cl.O=C(Nc1nncs1)C1CSCN1. The van der Waals surface area contributed by atoms with E-state index in [2.05, 4.69) is 20.8 Å². The number of halogens is 1. The van der Waals surface area contributed by atoms with Crippen molar-refractivity contribution >= 4 is 46.5 Å². The van der Waals surface area contributed by atoms with E-state index < -0.39 is 0 Å². The Balaban J connectivity index is 0.000000980. The topological polar surface area (TPSA) is 66.9 Å². The fourth-order valence-corrected chi connectivity index (χ4v) is 2.37. The van der Waals surface area contributed by atoms with Crippen molar-refractivity contribution < 1.29 is 4.79 Å². The zero-order valence-electron chi connectivity index (χ0n) is 7.10. The molecule has 0 aliphatic carbocycles. The molecule has 1 unspecified atom stereocenters. The number of aromatic nitrogens is 2. The summed E-state index contributed by atoms with van der Waals surface area (Å²) in [6, 6.07) is -0.0890. The first kappa shape index (κ1) is 11.7. The van der Waals surface area contributed by atoms with E-state index in [-0.39, 0.29) is 24.4 Å². The summed E-state index contributed by atoms with van der Waals surface area (Å²) < 4.78 is 0. The Morgan fingerprint density at radius 3 is 3.14 bits per heavy atom. The summed E-state index contributed by atoms with van der Waals surface area (Å²) >= 11 is 3.04. The lowest BCUT2D eigenvalue weighted by atomic mass is 10.3. The van der Waals surface area contributed by atoms with E-state index in [1.54, 1.807) is 17.3 Å². The van der Waals surface area contributed by atoms with Crippen molar-refractivity contribution in [2.24, 2.45) is 0 Å². The predicted molar refractivity (Wildman–Crippen MR) is 60.0 cm³/mol. The highest BCUT2D eigenvalue weighted by atomic mass is 35.5. The second kappa shape index (κ2) is 5.50. The van der Waals surface area contributed by atoms with Gasteiger partial charge in [0.1, 0.15) is 5.51 Å². The quantitative estimate of drug-likeness (QED) is 0.805. The van der Waals surface area contributed by atoms with Crippen LogP contribution in [0.1, 0.15) is 0 Å². The first-order chi connectivity index (χ1) is 6.36. The Kier molecular flexibility index (Phi) is 4.59. The van der Waals surface area contributed by atoms with Gasteiger partial charge in [0.2, 0.25) is 11.0 Å². The van der Waals surface area contributed by atoms with Gasteiger partial charge in [-0.25, -0.2) is 0 Å². The molecule has 0 bridgehead atoms. The first-order valence-corrected chi connectivity index (χ1v) is 5.78. The van der Waals surface area contributed by atoms with Crippen molar-refractivity contribution in [3.8, 4) is 0 Å². The van der Waals surface area contributed by atoms with E-state index in [1.807, 2.05) is 0 Å². The molecule has 1 aromatic heterocycles. The van der Waals surface area contributed by atoms with Crippen molar-refractivity contribution in [1.82, 2.24) is 15.5 Å². The number of anilines is 1. The average molecular weight is 253 g/mol. The molecule has 0 aromatic carbocycles. The number of hydrogen-bond donors (Lipinski definition) is 2. The van der Waals surface area contributed by atoms with Crippen LogP contribution in [0.2, 0.25) is 0 Å². The zero-order chi connectivity index (χ0) is 9.10. The number of carbonyl (C=O) groups is 1. The highest BCUT2D eigenvalue weighted by molar-refractivity contribution is 7.99. The molecule has 0 radical (unpaired) electrons. The Hall–Kier alpha value is -0.370. The number of nitrogens with zero attached hydrogens (tertiary/aromatic N) is 2. The van der Waals surface area contributed by atoms with Gasteiger partial charge in [0.25, 0.3) is 0 Å². The van der Waals surface area contributed by atoms with Crippen LogP contribution >= 0.6 is 35.5 Å². The summed E-state index contributed by atoms with van der Waals surface area (Å²) in [7, 11) is 0. The third-order valence-electron chi connectivity index (χ3n) is 1.62. The van der Waals surface area contributed by atoms with Gasteiger partial charge in [0, 0.05) is 11.6 Å². The third-order valence-corrected chi connectivity index (χ3v) is 3.17. The lowest BCUT2D eigenvalue weighted by Gasteiger charge is -2.06. The van der Waals surface area contributed by atoms with Crippen LogP contribution in [0.3, 0.4) is 0 Å². The van der Waals surface area contributed by atoms with Crippen LogP contribution in [0.4, 0.5) is 5.13 Å². The Labute approximate surface area is 95.5 Å². The van der Waals surface area contributed by atoms with Crippen LogP contribution in [-0.4, -0.2) is 33.8 Å². The van der Waals surface area contributed by atoms with Gasteiger partial charge in [-0.15, -0.1) is 34.4 Å². The number of rotatable bonds is 2. The summed E-state index contributed by atoms with van der Waals surface area (Å²) in [4.78, 5) is 11.5. The largest absolute Gasteiger partial charge is 0.299 e. The van der Waals surface area contributed by atoms with Gasteiger partial charge >= 0.3 is 0 Å². The Morgan fingerprint density at radius 1 is 1.71 bits per heavy atom. The van der Waals surface area contributed by atoms with Crippen LogP contribution in [0.5, 0.6) is 0 Å². The van der Waals surface area contributed by atoms with Crippen LogP contribution in [0, 0.1) is 0 Å². The van der Waals surface area contributed by atoms with Crippen molar-refractivity contribution in [3.05, 3.63) is 5.51 Å². The van der Waals surface area contributed by atoms with Crippen molar-refractivity contribution in [2.45, 2.75) is 6.04 Å². The Morgan fingerprint density at radius 2 is 2.57 bits per heavy atom. The predicted octanol–water partition coefficient (Wildman–Crippen LogP) is 0.561. The molecule has 1 saturated heterocycles. The summed E-state index contributed by atoms with van der Waals surface area (Å²) in [5.74, 6) is 1.64. The van der Waals surface area contributed by atoms with Crippen molar-refractivity contribution in [1.29, 1.82) is 0 Å². The minimum Gasteiger partial charge on any atom is -0.299 e. The molecule has 78 valence electrons. The molecule has 5 nitrogen and oxygen atoms in total. The fourth-order valence-electron chi connectivity index (χ4n) is 0.984. The second-order valence-corrected chi connectivity index (χ2v) is 4.37. The second-order valence-electron chi connectivity index (χ2n) is 2.50. The van der Waals surface area contributed by atoms with Crippen LogP contribution in [0.15, 0.2) is 5.51 Å². The van der Waals surface area contributed by atoms with Gasteiger partial charge < -0.3 is 0 Å². The highest BCUT2D eigenvalue weighted by Gasteiger charge is 2.22. The standard InChI is InChI=1S/C6H8N4OS2.ClH/c11-5(4-1-12-2-7-4)9-6-10-8-3-13-6;/h3-4,7H,1-2H2,(H,9,10,11);1H. The molecule has 1 aliphatic heterocycles. The van der Waals surface area contributed by atoms with E-state index >= 15 is 0 Å². The molecule has 1 amide bonds. The molecule has 2 heterocycles. The fraction of sp³-hybridized carbons (Fsp3) is 0.500. The molecule has 0 saturated carbocycles. The number of hydrogen-bond acceptors (Lipinski definition) is 6. The molecule has 2 rings (SSSR count). The van der Waals surface area contributed by atoms with Gasteiger partial charge in [-0.2, -0.15) is 0 Å². The summed E-state index contributed by atoms with van der Waals surface area (Å²) in [6.07, 6.45) is 0. The maximum Gasteiger partial charge on any atom is 0.244 e. The molecule has 8 heteroatoms.